The summed E-state index contributed by atoms with van der Waals surface area (Å²) in [5.74, 6) is -0.950. The number of sulfonamides is 1. The first-order valence-electron chi connectivity index (χ1n) is 5.41. The molecule has 0 aliphatic carbocycles. The summed E-state index contributed by atoms with van der Waals surface area (Å²) in [4.78, 5) is 10.4. The van der Waals surface area contributed by atoms with E-state index < -0.39 is 21.5 Å². The lowest BCUT2D eigenvalue weighted by molar-refractivity contribution is -0.137. The summed E-state index contributed by atoms with van der Waals surface area (Å²) in [6, 6.07) is 0. The molecule has 0 aliphatic heterocycles. The Kier molecular flexibility index (Phi) is 6.66. The van der Waals surface area contributed by atoms with E-state index in [0.29, 0.717) is 13.0 Å². The molecule has 0 heterocycles. The highest BCUT2D eigenvalue weighted by Gasteiger charge is 2.25. The monoisotopic (exact) mass is 267 g/mol. The maximum atomic E-state index is 11.7. The van der Waals surface area contributed by atoms with Crippen LogP contribution in [0.15, 0.2) is 0 Å². The van der Waals surface area contributed by atoms with Gasteiger partial charge in [-0.3, -0.25) is 4.79 Å². The van der Waals surface area contributed by atoms with Gasteiger partial charge in [-0.15, -0.1) is 0 Å². The third kappa shape index (κ3) is 9.08. The van der Waals surface area contributed by atoms with Crippen molar-refractivity contribution in [3.8, 4) is 0 Å². The van der Waals surface area contributed by atoms with Crippen molar-refractivity contribution in [3.63, 3.8) is 0 Å². The first-order chi connectivity index (χ1) is 7.68. The molecule has 0 bridgehead atoms. The summed E-state index contributed by atoms with van der Waals surface area (Å²) in [7, 11) is -1.87. The van der Waals surface area contributed by atoms with Gasteiger partial charge in [0.05, 0.1) is 5.75 Å². The molecule has 102 valence electrons. The molecule has 0 spiro atoms. The third-order valence-electron chi connectivity index (χ3n) is 2.16. The number of carboxylic acid groups (broad SMARTS) is 1. The fraction of sp³-hybridized carbons (Fsp3) is 0.900. The van der Waals surface area contributed by atoms with Gasteiger partial charge in [0.25, 0.3) is 0 Å². The third-order valence-corrected chi connectivity index (χ3v) is 3.85. The van der Waals surface area contributed by atoms with E-state index in [4.69, 9.17) is 9.84 Å². The lowest BCUT2D eigenvalue weighted by Crippen LogP contribution is -2.44. The van der Waals surface area contributed by atoms with Gasteiger partial charge < -0.3 is 9.84 Å². The van der Waals surface area contributed by atoms with Crippen LogP contribution in [0.2, 0.25) is 0 Å². The van der Waals surface area contributed by atoms with Gasteiger partial charge in [0.2, 0.25) is 10.0 Å². The van der Waals surface area contributed by atoms with Crippen molar-refractivity contribution in [2.24, 2.45) is 0 Å². The topological polar surface area (TPSA) is 92.7 Å². The van der Waals surface area contributed by atoms with Gasteiger partial charge in [-0.2, -0.15) is 0 Å². The molecule has 6 nitrogen and oxygen atoms in total. The number of carbonyl (C=O) groups is 1. The van der Waals surface area contributed by atoms with Crippen molar-refractivity contribution in [1.82, 2.24) is 4.72 Å². The summed E-state index contributed by atoms with van der Waals surface area (Å²) >= 11 is 0. The van der Waals surface area contributed by atoms with Crippen molar-refractivity contribution in [1.29, 1.82) is 0 Å². The maximum absolute atomic E-state index is 11.7. The smallest absolute Gasteiger partial charge is 0.303 e. The molecule has 0 aromatic carbocycles. The lowest BCUT2D eigenvalue weighted by atomic mass is 10.0. The number of rotatable bonds is 9. The second-order valence-electron chi connectivity index (χ2n) is 4.54. The minimum atomic E-state index is -3.38. The Labute approximate surface area is 102 Å². The molecule has 0 amide bonds. The van der Waals surface area contributed by atoms with Crippen LogP contribution in [0.1, 0.15) is 33.1 Å². The molecule has 0 saturated heterocycles. The summed E-state index contributed by atoms with van der Waals surface area (Å²) in [6.07, 6.45) is 0.611. The molecule has 0 atom stereocenters. The molecule has 0 aromatic rings. The van der Waals surface area contributed by atoms with Crippen LogP contribution in [0.25, 0.3) is 0 Å². The van der Waals surface area contributed by atoms with Crippen LogP contribution in [-0.4, -0.2) is 44.5 Å². The first-order valence-corrected chi connectivity index (χ1v) is 7.06. The van der Waals surface area contributed by atoms with E-state index in [-0.39, 0.29) is 18.6 Å². The van der Waals surface area contributed by atoms with Gasteiger partial charge in [0, 0.05) is 25.7 Å². The van der Waals surface area contributed by atoms with Crippen molar-refractivity contribution < 1.29 is 23.1 Å². The van der Waals surface area contributed by atoms with Crippen LogP contribution in [0.5, 0.6) is 0 Å². The Bertz CT molecular complexity index is 337. The minimum Gasteiger partial charge on any atom is -0.481 e. The summed E-state index contributed by atoms with van der Waals surface area (Å²) in [5, 5.41) is 8.55. The van der Waals surface area contributed by atoms with Gasteiger partial charge in [-0.05, 0) is 26.7 Å². The molecule has 2 N–H and O–H groups in total. The highest BCUT2D eigenvalue weighted by molar-refractivity contribution is 7.89. The number of ether oxygens (including phenoxy) is 1. The lowest BCUT2D eigenvalue weighted by Gasteiger charge is -2.25. The SMILES string of the molecule is COCCCS(=O)(=O)NC(C)(C)CCC(=O)O. The zero-order chi connectivity index (χ0) is 13.5. The van der Waals surface area contributed by atoms with E-state index >= 15 is 0 Å². The van der Waals surface area contributed by atoms with Gasteiger partial charge in [0.15, 0.2) is 0 Å². The van der Waals surface area contributed by atoms with Gasteiger partial charge >= 0.3 is 5.97 Å². The number of aliphatic carboxylic acids is 1. The second-order valence-corrected chi connectivity index (χ2v) is 6.39. The Morgan fingerprint density at radius 1 is 1.41 bits per heavy atom. The van der Waals surface area contributed by atoms with Crippen LogP contribution >= 0.6 is 0 Å². The minimum absolute atomic E-state index is 0.0165. The molecule has 0 saturated carbocycles. The first kappa shape index (κ1) is 16.3. The zero-order valence-corrected chi connectivity index (χ0v) is 11.3. The molecule has 0 radical (unpaired) electrons. The molecule has 0 aliphatic rings. The van der Waals surface area contributed by atoms with Crippen molar-refractivity contribution in [2.45, 2.75) is 38.6 Å². The van der Waals surface area contributed by atoms with Crippen LogP contribution in [-0.2, 0) is 19.6 Å². The highest BCUT2D eigenvalue weighted by Crippen LogP contribution is 2.13. The molecular weight excluding hydrogens is 246 g/mol. The second kappa shape index (κ2) is 6.93. The van der Waals surface area contributed by atoms with Crippen molar-refractivity contribution in [3.05, 3.63) is 0 Å². The number of carboxylic acids is 1. The molecule has 0 fully saturated rings. The van der Waals surface area contributed by atoms with Crippen LogP contribution in [0, 0.1) is 0 Å². The Hall–Kier alpha value is -0.660. The summed E-state index contributed by atoms with van der Waals surface area (Å²) in [6.45, 7) is 3.73. The average molecular weight is 267 g/mol. The van der Waals surface area contributed by atoms with Gasteiger partial charge in [-0.25, -0.2) is 13.1 Å². The Morgan fingerprint density at radius 2 is 2.00 bits per heavy atom. The maximum Gasteiger partial charge on any atom is 0.303 e. The van der Waals surface area contributed by atoms with E-state index in [1.165, 1.54) is 7.11 Å². The van der Waals surface area contributed by atoms with Crippen LogP contribution in [0.3, 0.4) is 0 Å². The number of hydrogen-bond acceptors (Lipinski definition) is 4. The standard InChI is InChI=1S/C10H21NO5S/c1-10(2,6-5-9(12)13)11-17(14,15)8-4-7-16-3/h11H,4-8H2,1-3H3,(H,12,13). The fourth-order valence-electron chi connectivity index (χ4n) is 1.34. The zero-order valence-electron chi connectivity index (χ0n) is 10.5. The largest absolute Gasteiger partial charge is 0.481 e. The average Bonchev–Trinajstić information content (AvgIpc) is 2.13. The predicted octanol–water partition coefficient (Wildman–Crippen LogP) is 0.586. The van der Waals surface area contributed by atoms with Gasteiger partial charge in [0.1, 0.15) is 0 Å². The quantitative estimate of drug-likeness (QED) is 0.596. The number of hydrogen-bond donors (Lipinski definition) is 2. The van der Waals surface area contributed by atoms with Gasteiger partial charge in [-0.1, -0.05) is 0 Å². The number of nitrogens with one attached hydrogen (secondary N) is 1. The normalized spacial score (nSPS) is 12.6. The van der Waals surface area contributed by atoms with Crippen molar-refractivity contribution in [2.75, 3.05) is 19.5 Å². The predicted molar refractivity (Wildman–Crippen MR) is 64.4 cm³/mol. The van der Waals surface area contributed by atoms with E-state index in [2.05, 4.69) is 4.72 Å². The van der Waals surface area contributed by atoms with E-state index in [1.54, 1.807) is 13.8 Å². The molecule has 0 unspecified atom stereocenters. The number of methoxy groups -OCH3 is 1. The van der Waals surface area contributed by atoms with E-state index in [0.717, 1.165) is 0 Å². The molecule has 7 heteroatoms. The molecule has 0 rings (SSSR count). The summed E-state index contributed by atoms with van der Waals surface area (Å²) < 4.78 is 30.6. The van der Waals surface area contributed by atoms with E-state index in [9.17, 15) is 13.2 Å². The fourth-order valence-corrected chi connectivity index (χ4v) is 2.88. The van der Waals surface area contributed by atoms with Crippen molar-refractivity contribution >= 4 is 16.0 Å². The summed E-state index contributed by atoms with van der Waals surface area (Å²) in [5.41, 5.74) is -0.746. The van der Waals surface area contributed by atoms with E-state index in [1.807, 2.05) is 0 Å². The Morgan fingerprint density at radius 3 is 2.47 bits per heavy atom. The molecular formula is C10H21NO5S. The molecule has 0 aromatic heterocycles. The molecule has 17 heavy (non-hydrogen) atoms. The van der Waals surface area contributed by atoms with Crippen LogP contribution < -0.4 is 4.72 Å². The highest BCUT2D eigenvalue weighted by atomic mass is 32.2. The Balaban J connectivity index is 4.23. The van der Waals surface area contributed by atoms with Crippen LogP contribution in [0.4, 0.5) is 0 Å².